The second-order valence-corrected chi connectivity index (χ2v) is 6.93. The van der Waals surface area contributed by atoms with E-state index in [2.05, 4.69) is 20.6 Å². The Bertz CT molecular complexity index is 774. The Morgan fingerprint density at radius 1 is 1.19 bits per heavy atom. The van der Waals surface area contributed by atoms with E-state index in [0.29, 0.717) is 22.3 Å². The Balaban J connectivity index is 1.68. The minimum Gasteiger partial charge on any atom is -0.495 e. The molecule has 1 fully saturated rings. The van der Waals surface area contributed by atoms with Crippen LogP contribution in [-0.4, -0.2) is 29.0 Å². The normalized spacial score (nSPS) is 14.7. The zero-order chi connectivity index (χ0) is 18.5. The fourth-order valence-corrected chi connectivity index (χ4v) is 3.24. The van der Waals surface area contributed by atoms with E-state index in [0.717, 1.165) is 24.1 Å². The molecule has 6 nitrogen and oxygen atoms in total. The molecule has 2 N–H and O–H groups in total. The molecule has 1 heterocycles. The number of nitrogens with zero attached hydrogens (tertiary/aromatic N) is 2. The second-order valence-electron chi connectivity index (χ2n) is 6.52. The summed E-state index contributed by atoms with van der Waals surface area (Å²) < 4.78 is 5.34. The van der Waals surface area contributed by atoms with E-state index in [9.17, 15) is 4.79 Å². The van der Waals surface area contributed by atoms with Gasteiger partial charge in [-0.15, -0.1) is 0 Å². The average Bonchev–Trinajstić information content (AvgIpc) is 2.66. The van der Waals surface area contributed by atoms with Crippen LogP contribution >= 0.6 is 11.6 Å². The lowest BCUT2D eigenvalue weighted by Crippen LogP contribution is -2.36. The molecule has 1 amide bonds. The maximum absolute atomic E-state index is 12.3. The van der Waals surface area contributed by atoms with E-state index in [1.54, 1.807) is 19.4 Å². The molecule has 1 saturated carbocycles. The van der Waals surface area contributed by atoms with Crippen molar-refractivity contribution in [2.75, 3.05) is 12.4 Å². The molecule has 1 aliphatic carbocycles. The SMILES string of the molecule is COc1cc(Cl)c(C)cc1Nc1cnc(C(=O)NC2CCCCC2)cn1. The first kappa shape index (κ1) is 18.5. The molecule has 0 atom stereocenters. The van der Waals surface area contributed by atoms with Gasteiger partial charge in [0.05, 0.1) is 25.2 Å². The van der Waals surface area contributed by atoms with Gasteiger partial charge >= 0.3 is 0 Å². The van der Waals surface area contributed by atoms with Crippen LogP contribution in [0.25, 0.3) is 0 Å². The third-order valence-corrected chi connectivity index (χ3v) is 4.98. The maximum atomic E-state index is 12.3. The molecule has 26 heavy (non-hydrogen) atoms. The molecule has 2 aromatic rings. The van der Waals surface area contributed by atoms with E-state index in [-0.39, 0.29) is 11.9 Å². The van der Waals surface area contributed by atoms with Crippen molar-refractivity contribution in [3.8, 4) is 5.75 Å². The van der Waals surface area contributed by atoms with Gasteiger partial charge in [-0.25, -0.2) is 9.97 Å². The van der Waals surface area contributed by atoms with Crippen LogP contribution in [0.5, 0.6) is 5.75 Å². The summed E-state index contributed by atoms with van der Waals surface area (Å²) in [4.78, 5) is 20.8. The van der Waals surface area contributed by atoms with Gasteiger partial charge in [0.25, 0.3) is 5.91 Å². The lowest BCUT2D eigenvalue weighted by molar-refractivity contribution is 0.0922. The molecule has 0 bridgehead atoms. The molecule has 0 saturated heterocycles. The van der Waals surface area contributed by atoms with Crippen molar-refractivity contribution in [2.24, 2.45) is 0 Å². The standard InChI is InChI=1S/C19H23ClN4O2/c1-12-8-15(17(26-2)9-14(12)20)24-18-11-21-16(10-22-18)19(25)23-13-6-4-3-5-7-13/h8-11,13H,3-7H2,1-2H3,(H,22,24)(H,23,25). The first-order chi connectivity index (χ1) is 12.6. The third-order valence-electron chi connectivity index (χ3n) is 4.57. The van der Waals surface area contributed by atoms with E-state index >= 15 is 0 Å². The van der Waals surface area contributed by atoms with Crippen molar-refractivity contribution in [3.63, 3.8) is 0 Å². The fraction of sp³-hybridized carbons (Fsp3) is 0.421. The minimum absolute atomic E-state index is 0.170. The van der Waals surface area contributed by atoms with Crippen LogP contribution in [0.15, 0.2) is 24.5 Å². The van der Waals surface area contributed by atoms with Crippen molar-refractivity contribution < 1.29 is 9.53 Å². The number of halogens is 1. The number of anilines is 2. The van der Waals surface area contributed by atoms with Gasteiger partial charge in [-0.2, -0.15) is 0 Å². The number of hydrogen-bond acceptors (Lipinski definition) is 5. The molecule has 0 unspecified atom stereocenters. The summed E-state index contributed by atoms with van der Waals surface area (Å²) in [6, 6.07) is 3.88. The number of benzene rings is 1. The minimum atomic E-state index is -0.170. The number of amides is 1. The first-order valence-corrected chi connectivity index (χ1v) is 9.18. The van der Waals surface area contributed by atoms with Crippen molar-refractivity contribution >= 4 is 29.0 Å². The molecule has 7 heteroatoms. The number of aromatic nitrogens is 2. The Labute approximate surface area is 158 Å². The van der Waals surface area contributed by atoms with Crippen molar-refractivity contribution in [1.29, 1.82) is 0 Å². The van der Waals surface area contributed by atoms with Gasteiger partial charge in [0.1, 0.15) is 17.3 Å². The van der Waals surface area contributed by atoms with Gasteiger partial charge in [0, 0.05) is 17.1 Å². The van der Waals surface area contributed by atoms with Crippen LogP contribution < -0.4 is 15.4 Å². The number of nitrogens with one attached hydrogen (secondary N) is 2. The van der Waals surface area contributed by atoms with Crippen LogP contribution in [0, 0.1) is 6.92 Å². The number of ether oxygens (including phenoxy) is 1. The van der Waals surface area contributed by atoms with Gasteiger partial charge in [-0.1, -0.05) is 30.9 Å². The van der Waals surface area contributed by atoms with Gasteiger partial charge < -0.3 is 15.4 Å². The molecule has 1 aliphatic rings. The zero-order valence-corrected chi connectivity index (χ0v) is 15.8. The van der Waals surface area contributed by atoms with Crippen LogP contribution in [0.3, 0.4) is 0 Å². The second kappa shape index (κ2) is 8.36. The molecule has 3 rings (SSSR count). The van der Waals surface area contributed by atoms with E-state index in [1.165, 1.54) is 25.5 Å². The van der Waals surface area contributed by atoms with E-state index in [4.69, 9.17) is 16.3 Å². The number of carbonyl (C=O) groups excluding carboxylic acids is 1. The summed E-state index contributed by atoms with van der Waals surface area (Å²) >= 11 is 6.12. The summed E-state index contributed by atoms with van der Waals surface area (Å²) in [6.45, 7) is 1.91. The van der Waals surface area contributed by atoms with Crippen molar-refractivity contribution in [3.05, 3.63) is 40.8 Å². The monoisotopic (exact) mass is 374 g/mol. The summed E-state index contributed by atoms with van der Waals surface area (Å²) in [6.07, 6.45) is 8.68. The highest BCUT2D eigenvalue weighted by Crippen LogP contribution is 2.32. The lowest BCUT2D eigenvalue weighted by atomic mass is 9.95. The predicted octanol–water partition coefficient (Wildman–Crippen LogP) is 4.25. The van der Waals surface area contributed by atoms with E-state index in [1.807, 2.05) is 13.0 Å². The molecule has 138 valence electrons. The summed E-state index contributed by atoms with van der Waals surface area (Å²) in [5, 5.41) is 6.82. The van der Waals surface area contributed by atoms with Crippen LogP contribution in [0.2, 0.25) is 5.02 Å². The average molecular weight is 375 g/mol. The largest absolute Gasteiger partial charge is 0.495 e. The summed E-state index contributed by atoms with van der Waals surface area (Å²) in [7, 11) is 1.58. The van der Waals surface area contributed by atoms with Crippen LogP contribution in [0.4, 0.5) is 11.5 Å². The van der Waals surface area contributed by atoms with Gasteiger partial charge in [-0.05, 0) is 31.4 Å². The summed E-state index contributed by atoms with van der Waals surface area (Å²) in [5.74, 6) is 0.969. The highest BCUT2D eigenvalue weighted by Gasteiger charge is 2.17. The Hall–Kier alpha value is -2.34. The fourth-order valence-electron chi connectivity index (χ4n) is 3.08. The van der Waals surface area contributed by atoms with Gasteiger partial charge in [0.15, 0.2) is 0 Å². The van der Waals surface area contributed by atoms with Crippen LogP contribution in [0.1, 0.15) is 48.2 Å². The molecule has 0 aliphatic heterocycles. The highest BCUT2D eigenvalue weighted by molar-refractivity contribution is 6.31. The first-order valence-electron chi connectivity index (χ1n) is 8.81. The van der Waals surface area contributed by atoms with Crippen LogP contribution in [-0.2, 0) is 0 Å². The topological polar surface area (TPSA) is 76.1 Å². The Kier molecular flexibility index (Phi) is 5.93. The van der Waals surface area contributed by atoms with E-state index < -0.39 is 0 Å². The highest BCUT2D eigenvalue weighted by atomic mass is 35.5. The molecule has 0 spiro atoms. The molecule has 1 aromatic heterocycles. The number of methoxy groups -OCH3 is 1. The number of carbonyl (C=O) groups is 1. The molecular weight excluding hydrogens is 352 g/mol. The van der Waals surface area contributed by atoms with Crippen molar-refractivity contribution in [2.45, 2.75) is 45.1 Å². The molecular formula is C19H23ClN4O2. The molecule has 0 radical (unpaired) electrons. The maximum Gasteiger partial charge on any atom is 0.271 e. The van der Waals surface area contributed by atoms with Gasteiger partial charge in [-0.3, -0.25) is 4.79 Å². The number of hydrogen-bond donors (Lipinski definition) is 2. The Morgan fingerprint density at radius 3 is 2.62 bits per heavy atom. The zero-order valence-electron chi connectivity index (χ0n) is 15.0. The Morgan fingerprint density at radius 2 is 1.96 bits per heavy atom. The quantitative estimate of drug-likeness (QED) is 0.818. The smallest absolute Gasteiger partial charge is 0.271 e. The summed E-state index contributed by atoms with van der Waals surface area (Å²) in [5.41, 5.74) is 1.98. The predicted molar refractivity (Wildman–Crippen MR) is 102 cm³/mol. The lowest BCUT2D eigenvalue weighted by Gasteiger charge is -2.22. The van der Waals surface area contributed by atoms with Crippen molar-refractivity contribution in [1.82, 2.24) is 15.3 Å². The third kappa shape index (κ3) is 4.43. The number of rotatable bonds is 5. The molecule has 1 aromatic carbocycles. The van der Waals surface area contributed by atoms with Gasteiger partial charge in [0.2, 0.25) is 0 Å². The number of aryl methyl sites for hydroxylation is 1.